The smallest absolute Gasteiger partial charge is 0.304 e. The van der Waals surface area contributed by atoms with Gasteiger partial charge in [-0.1, -0.05) is 96.8 Å². The van der Waals surface area contributed by atoms with Crippen molar-refractivity contribution in [2.75, 3.05) is 32.8 Å². The molecule has 0 aromatic rings. The minimum atomic E-state index is -0.796. The third-order valence-corrected chi connectivity index (χ3v) is 6.00. The van der Waals surface area contributed by atoms with Crippen LogP contribution in [0.4, 0.5) is 0 Å². The largest absolute Gasteiger partial charge is 0.481 e. The lowest BCUT2D eigenvalue weighted by Gasteiger charge is -2.19. The molecule has 0 heterocycles. The van der Waals surface area contributed by atoms with Crippen LogP contribution in [0.25, 0.3) is 0 Å². The molecule has 0 radical (unpaired) electrons. The topological polar surface area (TPSA) is 73.1 Å². The van der Waals surface area contributed by atoms with Crippen LogP contribution in [0.1, 0.15) is 123 Å². The molecule has 0 spiro atoms. The van der Waals surface area contributed by atoms with Crippen LogP contribution in [0.2, 0.25) is 0 Å². The van der Waals surface area contributed by atoms with E-state index in [0.717, 1.165) is 6.42 Å². The van der Waals surface area contributed by atoms with Gasteiger partial charge in [0.2, 0.25) is 0 Å². The molecule has 0 aliphatic rings. The first-order chi connectivity index (χ1) is 15.1. The summed E-state index contributed by atoms with van der Waals surface area (Å²) in [7, 11) is 0. The second-order valence-electron chi connectivity index (χ2n) is 9.03. The second kappa shape index (κ2) is 23.7. The standard InChI is InChI=1S/C26H52N2O3/c1-3-4-5-6-7-8-9-10-11-12-13-14-15-16-17-18-25(2)27-20-22-28(23-24-29)21-19-26(30)31/h29H,3-24H2,1-2H3,(H,30,31). The molecule has 0 saturated carbocycles. The molecule has 2 N–H and O–H groups in total. The van der Waals surface area contributed by atoms with Gasteiger partial charge in [0.15, 0.2) is 0 Å². The van der Waals surface area contributed by atoms with Crippen molar-refractivity contribution in [2.24, 2.45) is 4.99 Å². The molecule has 5 nitrogen and oxygen atoms in total. The lowest BCUT2D eigenvalue weighted by atomic mass is 10.0. The van der Waals surface area contributed by atoms with Gasteiger partial charge < -0.3 is 10.2 Å². The third-order valence-electron chi connectivity index (χ3n) is 6.00. The number of carbonyl (C=O) groups is 1. The molecule has 0 rings (SSSR count). The average Bonchev–Trinajstić information content (AvgIpc) is 2.74. The SMILES string of the molecule is CCCCCCCCCCCCCCCCCC(C)=NCCN(CCO)CCC(=O)O. The predicted molar refractivity (Wildman–Crippen MR) is 133 cm³/mol. The van der Waals surface area contributed by atoms with Crippen LogP contribution in [0.5, 0.6) is 0 Å². The molecule has 0 aliphatic heterocycles. The first kappa shape index (κ1) is 30.1. The van der Waals surface area contributed by atoms with Crippen molar-refractivity contribution in [3.63, 3.8) is 0 Å². The maximum absolute atomic E-state index is 10.7. The summed E-state index contributed by atoms with van der Waals surface area (Å²) < 4.78 is 0. The molecule has 0 aromatic carbocycles. The molecular formula is C26H52N2O3. The first-order valence-electron chi connectivity index (χ1n) is 13.1. The van der Waals surface area contributed by atoms with Gasteiger partial charge in [-0.15, -0.1) is 0 Å². The van der Waals surface area contributed by atoms with Gasteiger partial charge in [-0.05, 0) is 19.8 Å². The summed E-state index contributed by atoms with van der Waals surface area (Å²) in [6.45, 7) is 6.82. The van der Waals surface area contributed by atoms with Crippen molar-refractivity contribution in [1.29, 1.82) is 0 Å². The number of unbranched alkanes of at least 4 members (excludes halogenated alkanes) is 14. The molecule has 0 atom stereocenters. The minimum absolute atomic E-state index is 0.0570. The number of rotatable bonds is 24. The fourth-order valence-electron chi connectivity index (χ4n) is 3.94. The Morgan fingerprint density at radius 1 is 0.710 bits per heavy atom. The Bertz CT molecular complexity index is 427. The van der Waals surface area contributed by atoms with Crippen molar-refractivity contribution < 1.29 is 15.0 Å². The van der Waals surface area contributed by atoms with E-state index in [-0.39, 0.29) is 13.0 Å². The highest BCUT2D eigenvalue weighted by Gasteiger charge is 2.06. The summed E-state index contributed by atoms with van der Waals surface area (Å²) >= 11 is 0. The molecule has 0 saturated heterocycles. The first-order valence-corrected chi connectivity index (χ1v) is 13.1. The molecule has 0 aromatic heterocycles. The van der Waals surface area contributed by atoms with Gasteiger partial charge in [0, 0.05) is 25.3 Å². The highest BCUT2D eigenvalue weighted by Crippen LogP contribution is 2.13. The summed E-state index contributed by atoms with van der Waals surface area (Å²) in [5.41, 5.74) is 1.19. The number of aliphatic imine (C=N–C) groups is 1. The second-order valence-corrected chi connectivity index (χ2v) is 9.03. The van der Waals surface area contributed by atoms with E-state index in [4.69, 9.17) is 10.2 Å². The maximum atomic E-state index is 10.7. The van der Waals surface area contributed by atoms with Gasteiger partial charge in [0.1, 0.15) is 0 Å². The fraction of sp³-hybridized carbons (Fsp3) is 0.923. The lowest BCUT2D eigenvalue weighted by molar-refractivity contribution is -0.137. The number of hydrogen-bond donors (Lipinski definition) is 2. The molecule has 0 bridgehead atoms. The van der Waals surface area contributed by atoms with Crippen LogP contribution in [0, 0.1) is 0 Å². The summed E-state index contributed by atoms with van der Waals surface area (Å²) in [6.07, 6.45) is 22.0. The summed E-state index contributed by atoms with van der Waals surface area (Å²) in [5.74, 6) is -0.796. The number of aliphatic hydroxyl groups excluding tert-OH is 1. The molecule has 184 valence electrons. The minimum Gasteiger partial charge on any atom is -0.481 e. The van der Waals surface area contributed by atoms with Crippen LogP contribution in [-0.4, -0.2) is 59.6 Å². The zero-order valence-electron chi connectivity index (χ0n) is 20.8. The van der Waals surface area contributed by atoms with E-state index in [2.05, 4.69) is 18.8 Å². The summed E-state index contributed by atoms with van der Waals surface area (Å²) in [4.78, 5) is 17.3. The van der Waals surface area contributed by atoms with Gasteiger partial charge in [0.25, 0.3) is 0 Å². The molecule has 31 heavy (non-hydrogen) atoms. The van der Waals surface area contributed by atoms with Crippen molar-refractivity contribution in [3.8, 4) is 0 Å². The van der Waals surface area contributed by atoms with Gasteiger partial charge in [-0.3, -0.25) is 14.7 Å². The molecule has 5 heteroatoms. The Balaban J connectivity index is 3.48. The number of carboxylic acids is 1. The van der Waals surface area contributed by atoms with E-state index < -0.39 is 5.97 Å². The number of hydrogen-bond acceptors (Lipinski definition) is 4. The lowest BCUT2D eigenvalue weighted by Crippen LogP contribution is -2.31. The van der Waals surface area contributed by atoms with Gasteiger partial charge >= 0.3 is 5.97 Å². The summed E-state index contributed by atoms with van der Waals surface area (Å²) in [6, 6.07) is 0. The predicted octanol–water partition coefficient (Wildman–Crippen LogP) is 6.48. The van der Waals surface area contributed by atoms with E-state index in [1.165, 1.54) is 102 Å². The number of aliphatic carboxylic acids is 1. The van der Waals surface area contributed by atoms with E-state index in [9.17, 15) is 4.79 Å². The summed E-state index contributed by atoms with van der Waals surface area (Å²) in [5, 5.41) is 17.9. The van der Waals surface area contributed by atoms with Crippen LogP contribution in [-0.2, 0) is 4.79 Å². The van der Waals surface area contributed by atoms with Gasteiger partial charge in [0.05, 0.1) is 19.6 Å². The van der Waals surface area contributed by atoms with Gasteiger partial charge in [-0.25, -0.2) is 0 Å². The van der Waals surface area contributed by atoms with Crippen LogP contribution >= 0.6 is 0 Å². The van der Waals surface area contributed by atoms with Crippen molar-refractivity contribution in [2.45, 2.75) is 123 Å². The number of carboxylic acid groups (broad SMARTS) is 1. The van der Waals surface area contributed by atoms with Gasteiger partial charge in [-0.2, -0.15) is 0 Å². The Labute approximate surface area is 192 Å². The highest BCUT2D eigenvalue weighted by atomic mass is 16.4. The molecular weight excluding hydrogens is 388 g/mol. The highest BCUT2D eigenvalue weighted by molar-refractivity contribution is 5.81. The van der Waals surface area contributed by atoms with Crippen molar-refractivity contribution in [1.82, 2.24) is 4.90 Å². The Hall–Kier alpha value is -0.940. The number of aliphatic hydroxyl groups is 1. The Morgan fingerprint density at radius 3 is 1.65 bits per heavy atom. The Morgan fingerprint density at radius 2 is 1.19 bits per heavy atom. The van der Waals surface area contributed by atoms with Crippen molar-refractivity contribution >= 4 is 11.7 Å². The Kier molecular flexibility index (Phi) is 23.0. The zero-order valence-corrected chi connectivity index (χ0v) is 20.8. The third kappa shape index (κ3) is 23.5. The van der Waals surface area contributed by atoms with E-state index in [1.807, 2.05) is 4.90 Å². The van der Waals surface area contributed by atoms with Crippen LogP contribution < -0.4 is 0 Å². The monoisotopic (exact) mass is 440 g/mol. The molecule has 0 amide bonds. The maximum Gasteiger partial charge on any atom is 0.304 e. The molecule has 0 unspecified atom stereocenters. The normalized spacial score (nSPS) is 12.1. The fourth-order valence-corrected chi connectivity index (χ4v) is 3.94. The number of nitrogens with zero attached hydrogens (tertiary/aromatic N) is 2. The molecule has 0 aliphatic carbocycles. The zero-order chi connectivity index (χ0) is 23.0. The van der Waals surface area contributed by atoms with E-state index in [0.29, 0.717) is 26.2 Å². The quantitative estimate of drug-likeness (QED) is 0.133. The average molecular weight is 441 g/mol. The van der Waals surface area contributed by atoms with Crippen LogP contribution in [0.3, 0.4) is 0 Å². The van der Waals surface area contributed by atoms with E-state index >= 15 is 0 Å². The van der Waals surface area contributed by atoms with Crippen molar-refractivity contribution in [3.05, 3.63) is 0 Å². The van der Waals surface area contributed by atoms with Crippen LogP contribution in [0.15, 0.2) is 4.99 Å². The van der Waals surface area contributed by atoms with E-state index in [1.54, 1.807) is 0 Å². The molecule has 0 fully saturated rings.